The van der Waals surface area contributed by atoms with Crippen LogP contribution in [0.15, 0.2) is 18.3 Å². The highest BCUT2D eigenvalue weighted by Gasteiger charge is 2.26. The van der Waals surface area contributed by atoms with Crippen LogP contribution in [0.4, 0.5) is 0 Å². The number of H-pyrrole nitrogens is 1. The van der Waals surface area contributed by atoms with Crippen molar-refractivity contribution in [1.82, 2.24) is 15.0 Å². The molecule has 0 unspecified atom stereocenters. The summed E-state index contributed by atoms with van der Waals surface area (Å²) in [4.78, 5) is 11.8. The molecule has 6 heteroatoms. The average Bonchev–Trinajstić information content (AvgIpc) is 2.72. The third-order valence-electron chi connectivity index (χ3n) is 3.22. The number of rotatable bonds is 1. The first-order valence-corrected chi connectivity index (χ1v) is 7.47. The fraction of sp³-hybridized carbons (Fsp3) is 0.455. The lowest BCUT2D eigenvalue weighted by Gasteiger charge is -2.19. The van der Waals surface area contributed by atoms with Crippen LogP contribution in [0.2, 0.25) is 0 Å². The smallest absolute Gasteiger partial charge is 0.177 e. The van der Waals surface area contributed by atoms with Gasteiger partial charge in [-0.15, -0.1) is 0 Å². The number of imidazole rings is 1. The molecule has 0 atom stereocenters. The maximum Gasteiger partial charge on any atom is 0.177 e. The van der Waals surface area contributed by atoms with Crippen LogP contribution >= 0.6 is 0 Å². The van der Waals surface area contributed by atoms with Gasteiger partial charge in [-0.3, -0.25) is 0 Å². The molecule has 1 saturated heterocycles. The SMILES string of the molecule is O=S1(=O)CCC(c2nc3ncccc3[nH]2)CC1. The summed E-state index contributed by atoms with van der Waals surface area (Å²) in [5, 5.41) is 0. The Morgan fingerprint density at radius 1 is 1.29 bits per heavy atom. The summed E-state index contributed by atoms with van der Waals surface area (Å²) in [6.45, 7) is 0. The van der Waals surface area contributed by atoms with E-state index in [-0.39, 0.29) is 17.4 Å². The van der Waals surface area contributed by atoms with E-state index in [1.165, 1.54) is 0 Å². The molecule has 90 valence electrons. The van der Waals surface area contributed by atoms with E-state index in [4.69, 9.17) is 0 Å². The van der Waals surface area contributed by atoms with E-state index in [1.807, 2.05) is 12.1 Å². The Morgan fingerprint density at radius 3 is 2.76 bits per heavy atom. The molecule has 17 heavy (non-hydrogen) atoms. The van der Waals surface area contributed by atoms with Crippen molar-refractivity contribution in [3.05, 3.63) is 24.2 Å². The molecule has 0 radical (unpaired) electrons. The van der Waals surface area contributed by atoms with Crippen molar-refractivity contribution in [3.8, 4) is 0 Å². The van der Waals surface area contributed by atoms with Gasteiger partial charge in [0.15, 0.2) is 5.65 Å². The van der Waals surface area contributed by atoms with Crippen LogP contribution in [0, 0.1) is 0 Å². The lowest BCUT2D eigenvalue weighted by atomic mass is 10.0. The van der Waals surface area contributed by atoms with Crippen molar-refractivity contribution in [2.45, 2.75) is 18.8 Å². The first kappa shape index (κ1) is 10.7. The number of hydrogen-bond donors (Lipinski definition) is 1. The van der Waals surface area contributed by atoms with Gasteiger partial charge in [0.1, 0.15) is 15.7 Å². The van der Waals surface area contributed by atoms with Crippen LogP contribution in [0.3, 0.4) is 0 Å². The number of aromatic amines is 1. The predicted molar refractivity (Wildman–Crippen MR) is 64.5 cm³/mol. The number of nitrogens with one attached hydrogen (secondary N) is 1. The molecule has 0 bridgehead atoms. The second kappa shape index (κ2) is 3.80. The van der Waals surface area contributed by atoms with Crippen molar-refractivity contribution in [2.75, 3.05) is 11.5 Å². The van der Waals surface area contributed by atoms with E-state index in [1.54, 1.807) is 6.20 Å². The van der Waals surface area contributed by atoms with Crippen molar-refractivity contribution >= 4 is 21.0 Å². The molecule has 1 aliphatic heterocycles. The summed E-state index contributed by atoms with van der Waals surface area (Å²) in [7, 11) is -2.81. The molecule has 1 aliphatic rings. The monoisotopic (exact) mass is 251 g/mol. The zero-order valence-electron chi connectivity index (χ0n) is 9.26. The molecule has 0 amide bonds. The highest BCUT2D eigenvalue weighted by Crippen LogP contribution is 2.28. The van der Waals surface area contributed by atoms with Gasteiger partial charge in [0.25, 0.3) is 0 Å². The minimum atomic E-state index is -2.81. The van der Waals surface area contributed by atoms with E-state index in [2.05, 4.69) is 15.0 Å². The third-order valence-corrected chi connectivity index (χ3v) is 4.93. The molecule has 3 rings (SSSR count). The average molecular weight is 251 g/mol. The van der Waals surface area contributed by atoms with E-state index in [0.717, 1.165) is 11.3 Å². The fourth-order valence-electron chi connectivity index (χ4n) is 2.22. The minimum absolute atomic E-state index is 0.215. The van der Waals surface area contributed by atoms with E-state index >= 15 is 0 Å². The summed E-state index contributed by atoms with van der Waals surface area (Å²) in [5.41, 5.74) is 1.62. The van der Waals surface area contributed by atoms with Gasteiger partial charge in [-0.25, -0.2) is 18.4 Å². The second-order valence-corrected chi connectivity index (χ2v) is 6.73. The molecular weight excluding hydrogens is 238 g/mol. The van der Waals surface area contributed by atoms with Gasteiger partial charge in [-0.2, -0.15) is 0 Å². The normalized spacial score (nSPS) is 20.7. The third kappa shape index (κ3) is 2.04. The van der Waals surface area contributed by atoms with Crippen LogP contribution in [0.5, 0.6) is 0 Å². The molecule has 0 saturated carbocycles. The van der Waals surface area contributed by atoms with Crippen LogP contribution in [-0.2, 0) is 9.84 Å². The number of hydrogen-bond acceptors (Lipinski definition) is 4. The standard InChI is InChI=1S/C11H13N3O2S/c15-17(16)6-3-8(4-7-17)10-13-9-2-1-5-12-11(9)14-10/h1-2,5,8H,3-4,6-7H2,(H,12,13,14). The lowest BCUT2D eigenvalue weighted by molar-refractivity contribution is 0.540. The Balaban J connectivity index is 1.90. The number of fused-ring (bicyclic) bond motifs is 1. The molecule has 2 aromatic heterocycles. The van der Waals surface area contributed by atoms with Crippen LogP contribution < -0.4 is 0 Å². The first-order chi connectivity index (χ1) is 8.14. The maximum absolute atomic E-state index is 11.4. The van der Waals surface area contributed by atoms with Crippen molar-refractivity contribution in [2.24, 2.45) is 0 Å². The van der Waals surface area contributed by atoms with E-state index in [0.29, 0.717) is 18.5 Å². The van der Waals surface area contributed by atoms with E-state index < -0.39 is 9.84 Å². The Morgan fingerprint density at radius 2 is 2.06 bits per heavy atom. The molecule has 0 aromatic carbocycles. The summed E-state index contributed by atoms with van der Waals surface area (Å²) < 4.78 is 22.7. The summed E-state index contributed by atoms with van der Waals surface area (Å²) in [6.07, 6.45) is 3.02. The molecule has 0 aliphatic carbocycles. The van der Waals surface area contributed by atoms with Crippen molar-refractivity contribution in [3.63, 3.8) is 0 Å². The Bertz CT molecular complexity index is 601. The quantitative estimate of drug-likeness (QED) is 0.827. The summed E-state index contributed by atoms with van der Waals surface area (Å²) in [5.74, 6) is 1.62. The maximum atomic E-state index is 11.4. The number of nitrogens with zero attached hydrogens (tertiary/aromatic N) is 2. The topological polar surface area (TPSA) is 75.7 Å². The minimum Gasteiger partial charge on any atom is -0.340 e. The summed E-state index contributed by atoms with van der Waals surface area (Å²) >= 11 is 0. The van der Waals surface area contributed by atoms with E-state index in [9.17, 15) is 8.42 Å². The van der Waals surface area contributed by atoms with Gasteiger partial charge >= 0.3 is 0 Å². The Hall–Kier alpha value is -1.43. The van der Waals surface area contributed by atoms with Gasteiger partial charge in [-0.1, -0.05) is 0 Å². The zero-order chi connectivity index (χ0) is 11.9. The predicted octanol–water partition coefficient (Wildman–Crippen LogP) is 1.25. The highest BCUT2D eigenvalue weighted by atomic mass is 32.2. The van der Waals surface area contributed by atoms with Crippen molar-refractivity contribution < 1.29 is 8.42 Å². The van der Waals surface area contributed by atoms with Crippen molar-refractivity contribution in [1.29, 1.82) is 0 Å². The summed E-state index contributed by atoms with van der Waals surface area (Å²) in [6, 6.07) is 3.79. The molecule has 2 aromatic rings. The molecular formula is C11H13N3O2S. The van der Waals surface area contributed by atoms with Gasteiger partial charge in [0, 0.05) is 12.1 Å². The largest absolute Gasteiger partial charge is 0.340 e. The fourth-order valence-corrected chi connectivity index (χ4v) is 3.71. The molecule has 5 nitrogen and oxygen atoms in total. The second-order valence-electron chi connectivity index (χ2n) is 4.42. The van der Waals surface area contributed by atoms with Gasteiger partial charge < -0.3 is 4.98 Å². The molecule has 1 fully saturated rings. The zero-order valence-corrected chi connectivity index (χ0v) is 10.1. The number of sulfone groups is 1. The number of pyridine rings is 1. The van der Waals surface area contributed by atoms with Gasteiger partial charge in [-0.05, 0) is 25.0 Å². The molecule has 0 spiro atoms. The van der Waals surface area contributed by atoms with Gasteiger partial charge in [0.2, 0.25) is 0 Å². The van der Waals surface area contributed by atoms with Gasteiger partial charge in [0.05, 0.1) is 17.0 Å². The highest BCUT2D eigenvalue weighted by molar-refractivity contribution is 7.91. The Kier molecular flexibility index (Phi) is 2.39. The molecule has 3 heterocycles. The number of aromatic nitrogens is 3. The van der Waals surface area contributed by atoms with Crippen LogP contribution in [-0.4, -0.2) is 34.9 Å². The van der Waals surface area contributed by atoms with Crippen LogP contribution in [0.1, 0.15) is 24.6 Å². The first-order valence-electron chi connectivity index (χ1n) is 5.65. The Labute approximate surface area is 99.2 Å². The van der Waals surface area contributed by atoms with Crippen LogP contribution in [0.25, 0.3) is 11.2 Å². The lowest BCUT2D eigenvalue weighted by Crippen LogP contribution is -2.22. The molecule has 1 N–H and O–H groups in total.